The molecule has 0 amide bonds. The Kier molecular flexibility index (Phi) is 6.62. The Morgan fingerprint density at radius 3 is 2.68 bits per heavy atom. The Morgan fingerprint density at radius 1 is 1.18 bits per heavy atom. The van der Waals surface area contributed by atoms with Gasteiger partial charge in [-0.2, -0.15) is 4.39 Å². The quantitative estimate of drug-likeness (QED) is 0.295. The van der Waals surface area contributed by atoms with Gasteiger partial charge >= 0.3 is 0 Å². The number of aromatic nitrogens is 3. The highest BCUT2D eigenvalue weighted by Crippen LogP contribution is 2.25. The normalized spacial score (nSPS) is 10.4. The van der Waals surface area contributed by atoms with Crippen LogP contribution in [0.3, 0.4) is 0 Å². The highest BCUT2D eigenvalue weighted by molar-refractivity contribution is 7.80. The fraction of sp³-hybridized carbons (Fsp3) is 0.143. The lowest BCUT2D eigenvalue weighted by atomic mass is 10.1. The van der Waals surface area contributed by atoms with E-state index in [4.69, 9.17) is 0 Å². The number of rotatable bonds is 4. The number of H-pyrrole nitrogens is 1. The summed E-state index contributed by atoms with van der Waals surface area (Å²) in [6.45, 7) is 2.57. The summed E-state index contributed by atoms with van der Waals surface area (Å²) in [6, 6.07) is 13.1. The molecule has 0 unspecified atom stereocenters. The van der Waals surface area contributed by atoms with Crippen LogP contribution in [0.1, 0.15) is 11.3 Å². The standard InChI is InChI=1S/C16H17FN4.C5H5NS/c1-10-3-6-14(16(17)20-10)21-12-4-5-13-11(8-18-2)9-19-15(13)7-12;7-5-2-1-3-6-4-5/h3-7,9,18-19,21H,8H2,1-2H3;1-4,7H. The molecule has 4 rings (SSSR count). The molecule has 0 aliphatic carbocycles. The SMILES string of the molecule is CNCc1c[nH]c2cc(Nc3ccc(C)nc3F)ccc12.Sc1cccnc1. The number of nitrogens with one attached hydrogen (secondary N) is 3. The summed E-state index contributed by atoms with van der Waals surface area (Å²) in [5.74, 6) is -0.488. The number of aromatic amines is 1. The Bertz CT molecular complexity index is 1050. The van der Waals surface area contributed by atoms with Gasteiger partial charge in [-0.1, -0.05) is 6.07 Å². The van der Waals surface area contributed by atoms with Crippen molar-refractivity contribution in [2.75, 3.05) is 12.4 Å². The predicted molar refractivity (Wildman–Crippen MR) is 115 cm³/mol. The average Bonchev–Trinajstić information content (AvgIpc) is 3.08. The van der Waals surface area contributed by atoms with E-state index >= 15 is 0 Å². The molecule has 0 saturated carbocycles. The third-order valence-electron chi connectivity index (χ3n) is 4.05. The first-order chi connectivity index (χ1) is 13.6. The van der Waals surface area contributed by atoms with Crippen LogP contribution in [0.5, 0.6) is 0 Å². The van der Waals surface area contributed by atoms with Crippen LogP contribution in [0.4, 0.5) is 15.8 Å². The molecule has 0 atom stereocenters. The molecular formula is C21H22FN5S. The van der Waals surface area contributed by atoms with Crippen molar-refractivity contribution in [3.05, 3.63) is 78.3 Å². The van der Waals surface area contributed by atoms with Crippen molar-refractivity contribution in [3.63, 3.8) is 0 Å². The zero-order valence-corrected chi connectivity index (χ0v) is 16.6. The lowest BCUT2D eigenvalue weighted by molar-refractivity contribution is 0.584. The fourth-order valence-electron chi connectivity index (χ4n) is 2.73. The number of hydrogen-bond donors (Lipinski definition) is 4. The van der Waals surface area contributed by atoms with Gasteiger partial charge in [-0.3, -0.25) is 4.98 Å². The molecule has 5 nitrogen and oxygen atoms in total. The third kappa shape index (κ3) is 5.09. The van der Waals surface area contributed by atoms with Gasteiger partial charge in [-0.25, -0.2) is 4.98 Å². The molecule has 1 aromatic carbocycles. The van der Waals surface area contributed by atoms with Gasteiger partial charge in [0.15, 0.2) is 0 Å². The van der Waals surface area contributed by atoms with Crippen LogP contribution in [-0.4, -0.2) is 22.0 Å². The molecule has 144 valence electrons. The summed E-state index contributed by atoms with van der Waals surface area (Å²) in [4.78, 5) is 11.8. The number of fused-ring (bicyclic) bond motifs is 1. The van der Waals surface area contributed by atoms with E-state index in [9.17, 15) is 4.39 Å². The Morgan fingerprint density at radius 2 is 2.04 bits per heavy atom. The molecule has 0 fully saturated rings. The lowest BCUT2D eigenvalue weighted by Gasteiger charge is -2.08. The summed E-state index contributed by atoms with van der Waals surface area (Å²) < 4.78 is 13.8. The Balaban J connectivity index is 0.000000271. The molecule has 0 bridgehead atoms. The van der Waals surface area contributed by atoms with Crippen molar-refractivity contribution in [2.24, 2.45) is 0 Å². The number of pyridine rings is 2. The molecule has 0 aliphatic heterocycles. The van der Waals surface area contributed by atoms with E-state index in [2.05, 4.69) is 38.2 Å². The third-order valence-corrected chi connectivity index (χ3v) is 4.31. The number of hydrogen-bond acceptors (Lipinski definition) is 5. The summed E-state index contributed by atoms with van der Waals surface area (Å²) in [5.41, 5.74) is 4.09. The van der Waals surface area contributed by atoms with E-state index in [1.165, 1.54) is 5.56 Å². The average molecular weight is 396 g/mol. The van der Waals surface area contributed by atoms with E-state index in [1.807, 2.05) is 43.6 Å². The monoisotopic (exact) mass is 395 g/mol. The van der Waals surface area contributed by atoms with E-state index < -0.39 is 5.95 Å². The van der Waals surface area contributed by atoms with Crippen LogP contribution < -0.4 is 10.6 Å². The van der Waals surface area contributed by atoms with Gasteiger partial charge in [0, 0.05) is 52.3 Å². The van der Waals surface area contributed by atoms with Gasteiger partial charge in [-0.15, -0.1) is 12.6 Å². The zero-order chi connectivity index (χ0) is 19.9. The smallest absolute Gasteiger partial charge is 0.236 e. The first kappa shape index (κ1) is 19.9. The highest BCUT2D eigenvalue weighted by atomic mass is 32.1. The Labute approximate surface area is 168 Å². The number of aryl methyl sites for hydroxylation is 1. The van der Waals surface area contributed by atoms with Crippen molar-refractivity contribution >= 4 is 34.9 Å². The van der Waals surface area contributed by atoms with Gasteiger partial charge in [0.1, 0.15) is 0 Å². The largest absolute Gasteiger partial charge is 0.361 e. The maximum absolute atomic E-state index is 13.8. The van der Waals surface area contributed by atoms with Crippen molar-refractivity contribution in [3.8, 4) is 0 Å². The second-order valence-electron chi connectivity index (χ2n) is 6.23. The summed E-state index contributed by atoms with van der Waals surface area (Å²) in [5, 5.41) is 7.36. The second kappa shape index (κ2) is 9.34. The van der Waals surface area contributed by atoms with Crippen molar-refractivity contribution < 1.29 is 4.39 Å². The highest BCUT2D eigenvalue weighted by Gasteiger charge is 2.07. The van der Waals surface area contributed by atoms with Crippen molar-refractivity contribution in [1.82, 2.24) is 20.3 Å². The van der Waals surface area contributed by atoms with E-state index in [0.717, 1.165) is 28.0 Å². The molecule has 28 heavy (non-hydrogen) atoms. The van der Waals surface area contributed by atoms with Gasteiger partial charge in [0.2, 0.25) is 5.95 Å². The molecule has 4 aromatic rings. The maximum Gasteiger partial charge on any atom is 0.236 e. The number of halogens is 1. The first-order valence-electron chi connectivity index (χ1n) is 8.80. The maximum atomic E-state index is 13.8. The van der Waals surface area contributed by atoms with Crippen LogP contribution >= 0.6 is 12.6 Å². The van der Waals surface area contributed by atoms with Crippen LogP contribution in [0, 0.1) is 12.9 Å². The molecule has 3 heterocycles. The molecule has 3 aromatic heterocycles. The van der Waals surface area contributed by atoms with Gasteiger partial charge < -0.3 is 15.6 Å². The molecular weight excluding hydrogens is 373 g/mol. The Hall–Kier alpha value is -2.90. The van der Waals surface area contributed by atoms with Crippen LogP contribution in [-0.2, 0) is 6.54 Å². The summed E-state index contributed by atoms with van der Waals surface area (Å²) >= 11 is 4.02. The van der Waals surface area contributed by atoms with Gasteiger partial charge in [-0.05, 0) is 55.9 Å². The first-order valence-corrected chi connectivity index (χ1v) is 9.25. The van der Waals surface area contributed by atoms with E-state index in [0.29, 0.717) is 11.4 Å². The van der Waals surface area contributed by atoms with E-state index in [-0.39, 0.29) is 0 Å². The van der Waals surface area contributed by atoms with Gasteiger partial charge in [0.25, 0.3) is 0 Å². The van der Waals surface area contributed by atoms with Crippen LogP contribution in [0.15, 0.2) is 66.0 Å². The number of thiol groups is 1. The fourth-order valence-corrected chi connectivity index (χ4v) is 2.88. The predicted octanol–water partition coefficient (Wildman–Crippen LogP) is 4.84. The van der Waals surface area contributed by atoms with E-state index in [1.54, 1.807) is 31.5 Å². The number of anilines is 2. The summed E-state index contributed by atoms with van der Waals surface area (Å²) in [7, 11) is 1.92. The molecule has 3 N–H and O–H groups in total. The van der Waals surface area contributed by atoms with Crippen molar-refractivity contribution in [2.45, 2.75) is 18.4 Å². The minimum Gasteiger partial charge on any atom is -0.361 e. The molecule has 0 saturated heterocycles. The summed E-state index contributed by atoms with van der Waals surface area (Å²) in [6.07, 6.45) is 5.40. The van der Waals surface area contributed by atoms with Crippen molar-refractivity contribution in [1.29, 1.82) is 0 Å². The minimum absolute atomic E-state index is 0.377. The molecule has 0 radical (unpaired) electrons. The van der Waals surface area contributed by atoms with Gasteiger partial charge in [0.05, 0.1) is 5.69 Å². The topological polar surface area (TPSA) is 65.6 Å². The number of nitrogens with zero attached hydrogens (tertiary/aromatic N) is 2. The molecule has 0 spiro atoms. The molecule has 0 aliphatic rings. The second-order valence-corrected chi connectivity index (χ2v) is 6.75. The number of benzene rings is 1. The zero-order valence-electron chi connectivity index (χ0n) is 15.7. The van der Waals surface area contributed by atoms with Crippen LogP contribution in [0.25, 0.3) is 10.9 Å². The molecule has 7 heteroatoms. The minimum atomic E-state index is -0.488. The van der Waals surface area contributed by atoms with Crippen LogP contribution in [0.2, 0.25) is 0 Å². The lowest BCUT2D eigenvalue weighted by Crippen LogP contribution is -2.03.